The van der Waals surface area contributed by atoms with E-state index in [1.807, 2.05) is 47.4 Å². The molecule has 7 rings (SSSR count). The molecule has 0 spiro atoms. The summed E-state index contributed by atoms with van der Waals surface area (Å²) < 4.78 is 10.6. The van der Waals surface area contributed by atoms with Crippen molar-refractivity contribution in [2.45, 2.75) is 92.9 Å². The number of fused-ring (bicyclic) bond motifs is 3. The van der Waals surface area contributed by atoms with Gasteiger partial charge in [0.1, 0.15) is 5.82 Å². The minimum Gasteiger partial charge on any atom is -0.509 e. The van der Waals surface area contributed by atoms with Crippen LogP contribution in [0.2, 0.25) is 0 Å². The van der Waals surface area contributed by atoms with Gasteiger partial charge in [0.15, 0.2) is 0 Å². The first-order valence-electron chi connectivity index (χ1n) is 18.8. The van der Waals surface area contributed by atoms with Crippen molar-refractivity contribution in [1.29, 1.82) is 0 Å². The second-order valence-electron chi connectivity index (χ2n) is 13.5. The Kier molecular flexibility index (Phi) is 11.8. The second kappa shape index (κ2) is 16.5. The smallest absolute Gasteiger partial charge is 0.509 e. The topological polar surface area (TPSA) is 44.9 Å². The normalized spacial score (nSPS) is 11.3. The first-order valence-corrected chi connectivity index (χ1v) is 18.8. The third-order valence-corrected chi connectivity index (χ3v) is 10.0. The molecule has 52 heavy (non-hydrogen) atoms. The van der Waals surface area contributed by atoms with Gasteiger partial charge in [-0.25, -0.2) is 4.98 Å². The summed E-state index contributed by atoms with van der Waals surface area (Å²) in [4.78, 5) is 4.71. The molecular weight excluding hydrogens is 820 g/mol. The summed E-state index contributed by atoms with van der Waals surface area (Å²) in [6.07, 6.45) is 15.0. The Morgan fingerprint density at radius 2 is 1.37 bits per heavy atom. The monoisotopic (exact) mass is 867 g/mol. The molecule has 0 N–H and O–H groups in total. The number of aromatic nitrogens is 4. The van der Waals surface area contributed by atoms with Crippen LogP contribution in [-0.2, 0) is 53.2 Å². The van der Waals surface area contributed by atoms with Crippen molar-refractivity contribution in [3.05, 3.63) is 131 Å². The Bertz CT molecular complexity index is 2300. The maximum absolute atomic E-state index is 6.46. The van der Waals surface area contributed by atoms with Crippen LogP contribution in [-0.4, -0.2) is 19.3 Å². The molecule has 0 atom stereocenters. The quantitative estimate of drug-likeness (QED) is 0.108. The molecule has 0 aliphatic carbocycles. The molecular formula is C46H48N4OPt. The van der Waals surface area contributed by atoms with E-state index >= 15 is 0 Å². The van der Waals surface area contributed by atoms with Gasteiger partial charge in [0, 0.05) is 35.0 Å². The zero-order chi connectivity index (χ0) is 35.5. The Morgan fingerprint density at radius 3 is 2.04 bits per heavy atom. The van der Waals surface area contributed by atoms with Gasteiger partial charge in [-0.3, -0.25) is 4.68 Å². The first-order chi connectivity index (χ1) is 25.0. The molecule has 0 saturated carbocycles. The molecule has 0 amide bonds. The van der Waals surface area contributed by atoms with Gasteiger partial charge in [-0.05, 0) is 107 Å². The van der Waals surface area contributed by atoms with Gasteiger partial charge in [0.25, 0.3) is 0 Å². The van der Waals surface area contributed by atoms with E-state index in [0.29, 0.717) is 11.5 Å². The molecule has 4 aromatic carbocycles. The number of hydrogen-bond acceptors (Lipinski definition) is 3. The molecule has 0 aliphatic rings. The van der Waals surface area contributed by atoms with Gasteiger partial charge in [-0.1, -0.05) is 77.6 Å². The fraction of sp³-hybridized carbons (Fsp3) is 0.304. The van der Waals surface area contributed by atoms with Crippen molar-refractivity contribution in [2.24, 2.45) is 0 Å². The van der Waals surface area contributed by atoms with E-state index in [1.54, 1.807) is 16.7 Å². The predicted octanol–water partition coefficient (Wildman–Crippen LogP) is 11.7. The molecule has 0 aliphatic heterocycles. The number of aryl methyl sites for hydroxylation is 1. The fourth-order valence-corrected chi connectivity index (χ4v) is 7.96. The molecule has 7 aromatic rings. The van der Waals surface area contributed by atoms with Gasteiger partial charge in [-0.15, -0.1) is 35.7 Å². The molecule has 6 heteroatoms. The van der Waals surface area contributed by atoms with Gasteiger partial charge in [0.2, 0.25) is 0 Å². The zero-order valence-corrected chi connectivity index (χ0v) is 33.5. The van der Waals surface area contributed by atoms with Crippen molar-refractivity contribution >= 4 is 21.8 Å². The van der Waals surface area contributed by atoms with Crippen molar-refractivity contribution in [3.8, 4) is 34.1 Å². The summed E-state index contributed by atoms with van der Waals surface area (Å²) in [5.41, 5.74) is 14.4. The minimum absolute atomic E-state index is 0. The summed E-state index contributed by atoms with van der Waals surface area (Å²) in [5, 5.41) is 7.16. The molecule has 5 nitrogen and oxygen atoms in total. The summed E-state index contributed by atoms with van der Waals surface area (Å²) in [6.45, 7) is 13.6. The Hall–Kier alpha value is -4.47. The molecule has 0 radical (unpaired) electrons. The average Bonchev–Trinajstić information content (AvgIpc) is 3.76. The number of rotatable bonds is 13. The number of para-hydroxylation sites is 1. The molecule has 3 heterocycles. The van der Waals surface area contributed by atoms with Crippen molar-refractivity contribution in [1.82, 2.24) is 19.3 Å². The van der Waals surface area contributed by atoms with Crippen LogP contribution in [0.15, 0.2) is 85.3 Å². The van der Waals surface area contributed by atoms with E-state index in [1.165, 1.54) is 28.7 Å². The molecule has 0 unspecified atom stereocenters. The van der Waals surface area contributed by atoms with E-state index in [2.05, 4.69) is 101 Å². The van der Waals surface area contributed by atoms with E-state index in [9.17, 15) is 0 Å². The van der Waals surface area contributed by atoms with Crippen LogP contribution in [0.5, 0.6) is 11.5 Å². The van der Waals surface area contributed by atoms with E-state index < -0.39 is 0 Å². The summed E-state index contributed by atoms with van der Waals surface area (Å²) in [5.74, 6) is 2.09. The first kappa shape index (κ1) is 37.3. The number of ether oxygens (including phenoxy) is 1. The van der Waals surface area contributed by atoms with Crippen LogP contribution in [0.25, 0.3) is 44.4 Å². The standard InChI is InChI=1S/C46H48N4O.Pt/c1-7-15-38-36(10-4)46(37(11-5)39(16-8-2)40(38)17-9-3)32-29-48-49(30-32)33-18-14-19-34(27-33)51-35-22-23-42-41-20-12-13-21-43(41)50(44(42)28-35)45-26-31(6)24-25-47-45;/h12-14,18-26,29-30H,7-11,15-17H2,1-6H3;/q-2;+2. The molecule has 3 aromatic heterocycles. The van der Waals surface area contributed by atoms with E-state index in [-0.39, 0.29) is 21.1 Å². The van der Waals surface area contributed by atoms with E-state index in [4.69, 9.17) is 14.8 Å². The Labute approximate surface area is 323 Å². The fourth-order valence-electron chi connectivity index (χ4n) is 7.96. The maximum Gasteiger partial charge on any atom is 2.00 e. The van der Waals surface area contributed by atoms with Gasteiger partial charge in [0.05, 0.1) is 6.20 Å². The minimum atomic E-state index is 0. The maximum atomic E-state index is 6.46. The van der Waals surface area contributed by atoms with Gasteiger partial charge in [-0.2, -0.15) is 17.2 Å². The van der Waals surface area contributed by atoms with Crippen molar-refractivity contribution in [3.63, 3.8) is 0 Å². The molecule has 268 valence electrons. The largest absolute Gasteiger partial charge is 2.00 e. The van der Waals surface area contributed by atoms with Gasteiger partial charge < -0.3 is 9.30 Å². The zero-order valence-electron chi connectivity index (χ0n) is 31.3. The molecule has 0 bridgehead atoms. The number of benzene rings is 4. The SMILES string of the molecule is CCCc1c(CCC)c(CC)c(-c2cnn(-c3[c-]c(Oc4[c-]c5c(cc4)c4ccccc4n5-c4cc(C)ccn4)ccc3)c2)c(CC)c1CCC.[Pt+2]. The Morgan fingerprint density at radius 1 is 0.692 bits per heavy atom. The third kappa shape index (κ3) is 7.00. The number of hydrogen-bond donors (Lipinski definition) is 0. The van der Waals surface area contributed by atoms with Crippen LogP contribution in [0.1, 0.15) is 87.3 Å². The number of pyridine rings is 1. The third-order valence-electron chi connectivity index (χ3n) is 10.0. The van der Waals surface area contributed by atoms with Crippen molar-refractivity contribution in [2.75, 3.05) is 0 Å². The predicted molar refractivity (Wildman–Crippen MR) is 211 cm³/mol. The van der Waals surface area contributed by atoms with Crippen molar-refractivity contribution < 1.29 is 25.8 Å². The second-order valence-corrected chi connectivity index (χ2v) is 13.5. The molecule has 0 fully saturated rings. The van der Waals surface area contributed by atoms with Crippen LogP contribution in [0.4, 0.5) is 0 Å². The van der Waals surface area contributed by atoms with Crippen LogP contribution in [0.3, 0.4) is 0 Å². The van der Waals surface area contributed by atoms with Gasteiger partial charge >= 0.3 is 21.1 Å². The van der Waals surface area contributed by atoms with E-state index in [0.717, 1.165) is 83.8 Å². The average molecular weight is 868 g/mol. The number of nitrogens with zero attached hydrogens (tertiary/aromatic N) is 4. The molecule has 0 saturated heterocycles. The summed E-state index contributed by atoms with van der Waals surface area (Å²) >= 11 is 0. The van der Waals surface area contributed by atoms with Crippen LogP contribution >= 0.6 is 0 Å². The van der Waals surface area contributed by atoms with Crippen LogP contribution < -0.4 is 4.74 Å². The summed E-state index contributed by atoms with van der Waals surface area (Å²) in [7, 11) is 0. The summed E-state index contributed by atoms with van der Waals surface area (Å²) in [6, 6.07) is 29.7. The van der Waals surface area contributed by atoms with Crippen LogP contribution in [0, 0.1) is 19.1 Å². The Balaban J connectivity index is 0.00000464.